The summed E-state index contributed by atoms with van der Waals surface area (Å²) in [4.78, 5) is 22.7. The zero-order valence-corrected chi connectivity index (χ0v) is 9.21. The lowest BCUT2D eigenvalue weighted by Gasteiger charge is -2.17. The largest absolute Gasteiger partial charge is 0.481 e. The van der Waals surface area contributed by atoms with E-state index in [9.17, 15) is 9.59 Å². The highest BCUT2D eigenvalue weighted by Crippen LogP contribution is 2.23. The van der Waals surface area contributed by atoms with Gasteiger partial charge in [-0.25, -0.2) is 0 Å². The molecule has 0 fully saturated rings. The average molecular weight is 227 g/mol. The van der Waals surface area contributed by atoms with Crippen LogP contribution in [0.2, 0.25) is 5.02 Å². The van der Waals surface area contributed by atoms with E-state index in [1.807, 2.05) is 0 Å². The maximum Gasteiger partial charge on any atom is 0.316 e. The minimum absolute atomic E-state index is 0.354. The monoisotopic (exact) mass is 226 g/mol. The van der Waals surface area contributed by atoms with Crippen molar-refractivity contribution < 1.29 is 14.7 Å². The lowest BCUT2D eigenvalue weighted by atomic mass is 9.84. The van der Waals surface area contributed by atoms with Gasteiger partial charge < -0.3 is 5.11 Å². The molecule has 0 spiro atoms. The fraction of sp³-hybridized carbons (Fsp3) is 0.273. The molecule has 0 heterocycles. The second-order valence-corrected chi connectivity index (χ2v) is 4.20. The van der Waals surface area contributed by atoms with Gasteiger partial charge in [-0.2, -0.15) is 0 Å². The number of carboxylic acids is 1. The fourth-order valence-corrected chi connectivity index (χ4v) is 1.19. The topological polar surface area (TPSA) is 54.4 Å². The van der Waals surface area contributed by atoms with Crippen molar-refractivity contribution in [2.75, 3.05) is 0 Å². The first kappa shape index (κ1) is 11.7. The van der Waals surface area contributed by atoms with E-state index in [1.165, 1.54) is 26.0 Å². The summed E-state index contributed by atoms with van der Waals surface area (Å²) in [5, 5.41) is 9.39. The summed E-state index contributed by atoms with van der Waals surface area (Å²) >= 11 is 5.67. The Morgan fingerprint density at radius 1 is 1.20 bits per heavy atom. The minimum Gasteiger partial charge on any atom is -0.481 e. The molecule has 0 aromatic heterocycles. The van der Waals surface area contributed by atoms with E-state index in [2.05, 4.69) is 0 Å². The molecule has 4 heteroatoms. The molecule has 0 aliphatic rings. The molecule has 0 radical (unpaired) electrons. The van der Waals surface area contributed by atoms with Crippen LogP contribution in [0, 0.1) is 5.41 Å². The Hall–Kier alpha value is -1.35. The lowest BCUT2D eigenvalue weighted by Crippen LogP contribution is -2.33. The van der Waals surface area contributed by atoms with Crippen molar-refractivity contribution in [2.24, 2.45) is 5.41 Å². The third kappa shape index (κ3) is 2.36. The molecule has 1 aromatic rings. The first-order valence-corrected chi connectivity index (χ1v) is 4.77. The van der Waals surface area contributed by atoms with Gasteiger partial charge in [0.15, 0.2) is 5.78 Å². The van der Waals surface area contributed by atoms with Crippen LogP contribution in [0.5, 0.6) is 0 Å². The van der Waals surface area contributed by atoms with Crippen molar-refractivity contribution in [3.63, 3.8) is 0 Å². The van der Waals surface area contributed by atoms with E-state index >= 15 is 0 Å². The molecule has 0 saturated carbocycles. The van der Waals surface area contributed by atoms with E-state index in [1.54, 1.807) is 12.1 Å². The van der Waals surface area contributed by atoms with E-state index in [0.717, 1.165) is 0 Å². The van der Waals surface area contributed by atoms with Gasteiger partial charge in [0.1, 0.15) is 5.41 Å². The van der Waals surface area contributed by atoms with Crippen LogP contribution in [0.3, 0.4) is 0 Å². The predicted molar refractivity (Wildman–Crippen MR) is 57.2 cm³/mol. The van der Waals surface area contributed by atoms with E-state index in [4.69, 9.17) is 16.7 Å². The summed E-state index contributed by atoms with van der Waals surface area (Å²) in [7, 11) is 0. The first-order chi connectivity index (χ1) is 6.85. The molecule has 3 nitrogen and oxygen atoms in total. The van der Waals surface area contributed by atoms with Crippen LogP contribution in [0.15, 0.2) is 24.3 Å². The lowest BCUT2D eigenvalue weighted by molar-refractivity contribution is -0.144. The third-order valence-corrected chi connectivity index (χ3v) is 2.46. The zero-order valence-electron chi connectivity index (χ0n) is 8.45. The molecule has 15 heavy (non-hydrogen) atoms. The number of carbonyl (C=O) groups is 2. The van der Waals surface area contributed by atoms with Crippen molar-refractivity contribution in [3.8, 4) is 0 Å². The van der Waals surface area contributed by atoms with Crippen molar-refractivity contribution in [2.45, 2.75) is 13.8 Å². The van der Waals surface area contributed by atoms with Gasteiger partial charge >= 0.3 is 5.97 Å². The van der Waals surface area contributed by atoms with Gasteiger partial charge in [0.2, 0.25) is 0 Å². The number of carbonyl (C=O) groups excluding carboxylic acids is 1. The maximum absolute atomic E-state index is 11.8. The molecule has 0 amide bonds. The summed E-state index contributed by atoms with van der Waals surface area (Å²) < 4.78 is 0. The maximum atomic E-state index is 11.8. The summed E-state index contributed by atoms with van der Waals surface area (Å²) in [5.41, 5.74) is -1.06. The number of hydrogen-bond donors (Lipinski definition) is 1. The van der Waals surface area contributed by atoms with Crippen LogP contribution in [0.1, 0.15) is 24.2 Å². The van der Waals surface area contributed by atoms with Gasteiger partial charge in [0, 0.05) is 10.6 Å². The molecule has 1 N–H and O–H groups in total. The van der Waals surface area contributed by atoms with E-state index < -0.39 is 17.2 Å². The van der Waals surface area contributed by atoms with Gasteiger partial charge in [-0.3, -0.25) is 9.59 Å². The van der Waals surface area contributed by atoms with Gasteiger partial charge in [0.25, 0.3) is 0 Å². The number of benzene rings is 1. The number of halogens is 1. The highest BCUT2D eigenvalue weighted by atomic mass is 35.5. The molecule has 0 aliphatic carbocycles. The summed E-state index contributed by atoms with van der Waals surface area (Å²) in [6.07, 6.45) is 0. The van der Waals surface area contributed by atoms with Crippen molar-refractivity contribution in [3.05, 3.63) is 34.9 Å². The number of ketones is 1. The van der Waals surface area contributed by atoms with Crippen molar-refractivity contribution >= 4 is 23.4 Å². The number of Topliss-reactive ketones (excluding diaryl/α,β-unsaturated/α-hetero) is 1. The van der Waals surface area contributed by atoms with Gasteiger partial charge in [-0.15, -0.1) is 0 Å². The first-order valence-electron chi connectivity index (χ1n) is 4.39. The van der Waals surface area contributed by atoms with E-state index in [-0.39, 0.29) is 0 Å². The Labute approximate surface area is 92.7 Å². The number of rotatable bonds is 3. The SMILES string of the molecule is CC(C)(C(=O)O)C(=O)c1ccc(Cl)cc1. The van der Waals surface area contributed by atoms with Crippen LogP contribution in [0.25, 0.3) is 0 Å². The Morgan fingerprint density at radius 2 is 1.67 bits per heavy atom. The van der Waals surface area contributed by atoms with Crippen LogP contribution in [0.4, 0.5) is 0 Å². The average Bonchev–Trinajstić information content (AvgIpc) is 2.17. The molecule has 0 unspecified atom stereocenters. The van der Waals surface area contributed by atoms with E-state index in [0.29, 0.717) is 10.6 Å². The third-order valence-electron chi connectivity index (χ3n) is 2.21. The summed E-state index contributed by atoms with van der Waals surface area (Å²) in [5.74, 6) is -1.56. The smallest absolute Gasteiger partial charge is 0.316 e. The summed E-state index contributed by atoms with van der Waals surface area (Å²) in [6.45, 7) is 2.76. The zero-order chi connectivity index (χ0) is 11.6. The Balaban J connectivity index is 3.05. The standard InChI is InChI=1S/C11H11ClO3/c1-11(2,10(14)15)9(13)7-3-5-8(12)6-4-7/h3-6H,1-2H3,(H,14,15). The molecule has 0 saturated heterocycles. The van der Waals surface area contributed by atoms with Crippen molar-refractivity contribution in [1.82, 2.24) is 0 Å². The van der Waals surface area contributed by atoms with Crippen LogP contribution in [-0.2, 0) is 4.79 Å². The molecule has 1 aromatic carbocycles. The molecular weight excluding hydrogens is 216 g/mol. The van der Waals surface area contributed by atoms with Crippen LogP contribution >= 0.6 is 11.6 Å². The number of carboxylic acid groups (broad SMARTS) is 1. The highest BCUT2D eigenvalue weighted by Gasteiger charge is 2.36. The van der Waals surface area contributed by atoms with Gasteiger partial charge in [-0.05, 0) is 38.1 Å². The number of hydrogen-bond acceptors (Lipinski definition) is 2. The van der Waals surface area contributed by atoms with Crippen LogP contribution in [-0.4, -0.2) is 16.9 Å². The summed E-state index contributed by atoms with van der Waals surface area (Å²) in [6, 6.07) is 6.17. The fourth-order valence-electron chi connectivity index (χ4n) is 1.06. The quantitative estimate of drug-likeness (QED) is 0.637. The highest BCUT2D eigenvalue weighted by molar-refractivity contribution is 6.30. The second-order valence-electron chi connectivity index (χ2n) is 3.77. The molecule has 0 atom stereocenters. The molecule has 1 rings (SSSR count). The number of aliphatic carboxylic acids is 1. The predicted octanol–water partition coefficient (Wildman–Crippen LogP) is 2.63. The molecule has 0 bridgehead atoms. The Kier molecular flexibility index (Phi) is 3.15. The minimum atomic E-state index is -1.41. The Bertz CT molecular complexity index is 393. The van der Waals surface area contributed by atoms with Crippen LogP contribution < -0.4 is 0 Å². The normalized spacial score (nSPS) is 11.1. The second kappa shape index (κ2) is 4.03. The molecule has 0 aliphatic heterocycles. The van der Waals surface area contributed by atoms with Crippen molar-refractivity contribution in [1.29, 1.82) is 0 Å². The Morgan fingerprint density at radius 3 is 2.07 bits per heavy atom. The van der Waals surface area contributed by atoms with Gasteiger partial charge in [-0.1, -0.05) is 11.6 Å². The van der Waals surface area contributed by atoms with Gasteiger partial charge in [0.05, 0.1) is 0 Å². The molecule has 80 valence electrons. The molecular formula is C11H11ClO3.